The average Bonchev–Trinajstić information content (AvgIpc) is 2.93. The third-order valence-electron chi connectivity index (χ3n) is 5.78. The van der Waals surface area contributed by atoms with Crippen molar-refractivity contribution >= 4 is 23.5 Å². The second-order valence-corrected chi connectivity index (χ2v) is 9.04. The predicted octanol–water partition coefficient (Wildman–Crippen LogP) is 4.58. The number of unbranched alkanes of at least 4 members (excludes halogenated alkanes) is 1. The van der Waals surface area contributed by atoms with E-state index >= 15 is 0 Å². The summed E-state index contributed by atoms with van der Waals surface area (Å²) >= 11 is 5.77. The Morgan fingerprint density at radius 2 is 1.58 bits per heavy atom. The van der Waals surface area contributed by atoms with Crippen molar-refractivity contribution in [2.75, 3.05) is 19.1 Å². The first-order chi connectivity index (χ1) is 18.5. The summed E-state index contributed by atoms with van der Waals surface area (Å²) in [4.78, 5) is 24.4. The highest BCUT2D eigenvalue weighted by Gasteiger charge is 2.51. The van der Waals surface area contributed by atoms with Crippen LogP contribution in [-0.4, -0.2) is 61.7 Å². The molecule has 0 unspecified atom stereocenters. The molecule has 0 N–H and O–H groups in total. The molecule has 5 atom stereocenters. The van der Waals surface area contributed by atoms with Crippen LogP contribution in [-0.2, 0) is 51.2 Å². The molecule has 0 bridgehead atoms. The number of rotatable bonds is 15. The fourth-order valence-corrected chi connectivity index (χ4v) is 4.11. The molecule has 0 aromatic heterocycles. The first-order valence-corrected chi connectivity index (χ1v) is 13.1. The number of benzene rings is 2. The molecule has 1 heterocycles. The van der Waals surface area contributed by atoms with Gasteiger partial charge in [-0.25, -0.2) is 0 Å². The lowest BCUT2D eigenvalue weighted by molar-refractivity contribution is -0.315. The monoisotopic (exact) mass is 546 g/mol. The molecule has 0 aliphatic carbocycles. The van der Waals surface area contributed by atoms with E-state index in [1.165, 1.54) is 6.92 Å². The standard InChI is InChI=1S/C29H35ClO8/c1-3-4-11-16-34-29-28(36-21(2)31)27(38-25(32)17-30)26(35-19-23-14-9-6-10-15-23)24(37-29)20-33-18-22-12-7-5-8-13-22/h3,5-10,12-15,24,26-29H,1,4,11,16-20H2,2H3/t24-,26+,27+,28-,29-/m1/s1. The van der Waals surface area contributed by atoms with Crippen LogP contribution in [0, 0.1) is 0 Å². The van der Waals surface area contributed by atoms with E-state index in [0.717, 1.165) is 17.5 Å². The first-order valence-electron chi connectivity index (χ1n) is 12.6. The summed E-state index contributed by atoms with van der Waals surface area (Å²) in [6.07, 6.45) is -1.46. The fraction of sp³-hybridized carbons (Fsp3) is 0.448. The molecule has 8 nitrogen and oxygen atoms in total. The smallest absolute Gasteiger partial charge is 0.321 e. The van der Waals surface area contributed by atoms with Crippen molar-refractivity contribution in [3.05, 3.63) is 84.4 Å². The van der Waals surface area contributed by atoms with Crippen LogP contribution in [0.4, 0.5) is 0 Å². The number of hydrogen-bond acceptors (Lipinski definition) is 8. The Balaban J connectivity index is 1.85. The average molecular weight is 547 g/mol. The van der Waals surface area contributed by atoms with Gasteiger partial charge in [-0.05, 0) is 24.0 Å². The van der Waals surface area contributed by atoms with Crippen LogP contribution in [0.5, 0.6) is 0 Å². The number of carbonyl (C=O) groups is 2. The summed E-state index contributed by atoms with van der Waals surface area (Å²) < 4.78 is 35.7. The Bertz CT molecular complexity index is 987. The molecular weight excluding hydrogens is 512 g/mol. The Morgan fingerprint density at radius 1 is 0.921 bits per heavy atom. The second kappa shape index (κ2) is 16.3. The maximum Gasteiger partial charge on any atom is 0.321 e. The van der Waals surface area contributed by atoms with E-state index in [1.807, 2.05) is 60.7 Å². The van der Waals surface area contributed by atoms with E-state index < -0.39 is 42.6 Å². The number of hydrogen-bond donors (Lipinski definition) is 0. The van der Waals surface area contributed by atoms with Crippen LogP contribution < -0.4 is 0 Å². The van der Waals surface area contributed by atoms with E-state index in [9.17, 15) is 9.59 Å². The Kier molecular flexibility index (Phi) is 12.8. The van der Waals surface area contributed by atoms with Crippen molar-refractivity contribution in [1.82, 2.24) is 0 Å². The lowest BCUT2D eigenvalue weighted by Gasteiger charge is -2.44. The summed E-state index contributed by atoms with van der Waals surface area (Å²) in [5.74, 6) is -1.64. The number of ether oxygens (including phenoxy) is 6. The number of allylic oxidation sites excluding steroid dienone is 1. The van der Waals surface area contributed by atoms with Gasteiger partial charge in [0.25, 0.3) is 0 Å². The molecule has 38 heavy (non-hydrogen) atoms. The van der Waals surface area contributed by atoms with Crippen molar-refractivity contribution in [3.8, 4) is 0 Å². The van der Waals surface area contributed by atoms with Gasteiger partial charge < -0.3 is 28.4 Å². The van der Waals surface area contributed by atoms with E-state index in [1.54, 1.807) is 6.08 Å². The van der Waals surface area contributed by atoms with Crippen molar-refractivity contribution in [1.29, 1.82) is 0 Å². The molecule has 2 aromatic carbocycles. The van der Waals surface area contributed by atoms with Gasteiger partial charge in [0.15, 0.2) is 18.5 Å². The van der Waals surface area contributed by atoms with Crippen LogP contribution in [0.15, 0.2) is 73.3 Å². The van der Waals surface area contributed by atoms with Crippen molar-refractivity contribution in [2.24, 2.45) is 0 Å². The van der Waals surface area contributed by atoms with Gasteiger partial charge in [0.2, 0.25) is 0 Å². The highest BCUT2D eigenvalue weighted by atomic mass is 35.5. The topological polar surface area (TPSA) is 89.5 Å². The van der Waals surface area contributed by atoms with Gasteiger partial charge in [-0.2, -0.15) is 0 Å². The van der Waals surface area contributed by atoms with E-state index in [-0.39, 0.29) is 19.1 Å². The quantitative estimate of drug-likeness (QED) is 0.139. The Morgan fingerprint density at radius 3 is 2.18 bits per heavy atom. The van der Waals surface area contributed by atoms with Gasteiger partial charge >= 0.3 is 11.9 Å². The Hall–Kier alpha value is -2.75. The summed E-state index contributed by atoms with van der Waals surface area (Å²) in [6.45, 7) is 5.97. The van der Waals surface area contributed by atoms with Gasteiger partial charge in [0.05, 0.1) is 26.4 Å². The minimum absolute atomic E-state index is 0.114. The molecule has 0 radical (unpaired) electrons. The van der Waals surface area contributed by atoms with Crippen molar-refractivity contribution in [3.63, 3.8) is 0 Å². The minimum atomic E-state index is -1.07. The van der Waals surface area contributed by atoms with Crippen molar-refractivity contribution < 1.29 is 38.0 Å². The largest absolute Gasteiger partial charge is 0.454 e. The van der Waals surface area contributed by atoms with Gasteiger partial charge in [-0.1, -0.05) is 66.7 Å². The highest BCUT2D eigenvalue weighted by Crippen LogP contribution is 2.31. The van der Waals surface area contributed by atoms with Crippen LogP contribution in [0.25, 0.3) is 0 Å². The number of halogens is 1. The van der Waals surface area contributed by atoms with Crippen molar-refractivity contribution in [2.45, 2.75) is 63.7 Å². The SMILES string of the molecule is C=CCCCO[C@@H]1O[C@H](COCc2ccccc2)[C@H](OCc2ccccc2)[C@H](OC(=O)CCl)[C@H]1OC(C)=O. The van der Waals surface area contributed by atoms with Gasteiger partial charge in [-0.3, -0.25) is 9.59 Å². The molecule has 0 saturated carbocycles. The van der Waals surface area contributed by atoms with E-state index in [0.29, 0.717) is 19.6 Å². The Labute approximate surface area is 228 Å². The normalized spacial score (nSPS) is 22.9. The summed E-state index contributed by atoms with van der Waals surface area (Å²) in [7, 11) is 0. The maximum atomic E-state index is 12.4. The highest BCUT2D eigenvalue weighted by molar-refractivity contribution is 6.26. The minimum Gasteiger partial charge on any atom is -0.454 e. The van der Waals surface area contributed by atoms with E-state index in [4.69, 9.17) is 40.0 Å². The van der Waals surface area contributed by atoms with Crippen LogP contribution in [0.3, 0.4) is 0 Å². The molecule has 206 valence electrons. The third kappa shape index (κ3) is 9.53. The molecule has 9 heteroatoms. The van der Waals surface area contributed by atoms with Crippen LogP contribution >= 0.6 is 11.6 Å². The lowest BCUT2D eigenvalue weighted by Crippen LogP contribution is -2.62. The maximum absolute atomic E-state index is 12.4. The number of esters is 2. The van der Waals surface area contributed by atoms with Gasteiger partial charge in [0.1, 0.15) is 18.1 Å². The summed E-state index contributed by atoms with van der Waals surface area (Å²) in [5.41, 5.74) is 1.90. The molecule has 1 saturated heterocycles. The predicted molar refractivity (Wildman–Crippen MR) is 141 cm³/mol. The van der Waals surface area contributed by atoms with Crippen LogP contribution in [0.2, 0.25) is 0 Å². The second-order valence-electron chi connectivity index (χ2n) is 8.77. The summed E-state index contributed by atoms with van der Waals surface area (Å²) in [6, 6.07) is 19.2. The first kappa shape index (κ1) is 29.8. The number of alkyl halides is 1. The molecule has 1 fully saturated rings. The van der Waals surface area contributed by atoms with Crippen LogP contribution in [0.1, 0.15) is 30.9 Å². The van der Waals surface area contributed by atoms with Gasteiger partial charge in [-0.15, -0.1) is 18.2 Å². The van der Waals surface area contributed by atoms with E-state index in [2.05, 4.69) is 6.58 Å². The fourth-order valence-electron chi connectivity index (χ4n) is 4.04. The molecule has 0 spiro atoms. The third-order valence-corrected chi connectivity index (χ3v) is 6.00. The zero-order chi connectivity index (χ0) is 27.2. The molecule has 2 aromatic rings. The molecule has 3 rings (SSSR count). The zero-order valence-corrected chi connectivity index (χ0v) is 22.3. The molecule has 1 aliphatic rings. The van der Waals surface area contributed by atoms with Gasteiger partial charge in [0, 0.05) is 6.92 Å². The lowest BCUT2D eigenvalue weighted by atomic mass is 9.98. The summed E-state index contributed by atoms with van der Waals surface area (Å²) in [5, 5.41) is 0. The zero-order valence-electron chi connectivity index (χ0n) is 21.5. The molecule has 0 amide bonds. The molecular formula is C29H35ClO8. The number of carbonyl (C=O) groups excluding carboxylic acids is 2. The molecule has 1 aliphatic heterocycles.